The van der Waals surface area contributed by atoms with Crippen molar-refractivity contribution in [2.45, 2.75) is 13.5 Å². The minimum absolute atomic E-state index is 0.0104. The first kappa shape index (κ1) is 15.2. The summed E-state index contributed by atoms with van der Waals surface area (Å²) in [6.07, 6.45) is 0. The molecule has 2 aromatic carbocycles. The molecule has 0 saturated heterocycles. The Labute approximate surface area is 126 Å². The van der Waals surface area contributed by atoms with Crippen LogP contribution in [0.15, 0.2) is 36.4 Å². The van der Waals surface area contributed by atoms with Crippen molar-refractivity contribution in [2.75, 3.05) is 5.32 Å². The summed E-state index contributed by atoms with van der Waals surface area (Å²) >= 11 is 5.06. The number of nitrogens with one attached hydrogen (secondary N) is 2. The predicted octanol–water partition coefficient (Wildman–Crippen LogP) is 3.47. The molecule has 0 spiro atoms. The summed E-state index contributed by atoms with van der Waals surface area (Å²) in [5.41, 5.74) is 2.19. The van der Waals surface area contributed by atoms with Crippen LogP contribution in [0.1, 0.15) is 11.1 Å². The second-order valence-electron chi connectivity index (χ2n) is 4.49. The van der Waals surface area contributed by atoms with Crippen molar-refractivity contribution in [1.29, 1.82) is 0 Å². The highest BCUT2D eigenvalue weighted by molar-refractivity contribution is 7.80. The van der Waals surface area contributed by atoms with Crippen LogP contribution in [-0.2, 0) is 6.54 Å². The van der Waals surface area contributed by atoms with Crippen molar-refractivity contribution in [3.63, 3.8) is 0 Å². The molecule has 0 saturated carbocycles. The lowest BCUT2D eigenvalue weighted by Gasteiger charge is -2.13. The van der Waals surface area contributed by atoms with Crippen molar-refractivity contribution in [3.05, 3.63) is 59.2 Å². The number of phenols is 1. The highest BCUT2D eigenvalue weighted by Gasteiger charge is 2.13. The fraction of sp³-hybridized carbons (Fsp3) is 0.133. The molecule has 0 radical (unpaired) electrons. The molecule has 2 rings (SSSR count). The SMILES string of the molecule is Cc1ccccc1CNC(=S)Nc1ccc(F)c(F)c1O. The monoisotopic (exact) mass is 308 g/mol. The van der Waals surface area contributed by atoms with Gasteiger partial charge in [-0.1, -0.05) is 24.3 Å². The number of hydrogen-bond acceptors (Lipinski definition) is 2. The van der Waals surface area contributed by atoms with Crippen LogP contribution in [0.2, 0.25) is 0 Å². The smallest absolute Gasteiger partial charge is 0.202 e. The molecular formula is C15H14F2N2OS. The summed E-state index contributed by atoms with van der Waals surface area (Å²) < 4.78 is 26.1. The lowest BCUT2D eigenvalue weighted by atomic mass is 10.1. The third kappa shape index (κ3) is 3.66. The Morgan fingerprint density at radius 3 is 2.62 bits per heavy atom. The van der Waals surface area contributed by atoms with E-state index < -0.39 is 17.4 Å². The molecule has 0 heterocycles. The molecule has 3 N–H and O–H groups in total. The summed E-state index contributed by atoms with van der Waals surface area (Å²) in [7, 11) is 0. The van der Waals surface area contributed by atoms with Crippen molar-refractivity contribution in [3.8, 4) is 5.75 Å². The van der Waals surface area contributed by atoms with E-state index in [9.17, 15) is 13.9 Å². The van der Waals surface area contributed by atoms with E-state index in [1.165, 1.54) is 6.07 Å². The van der Waals surface area contributed by atoms with E-state index in [0.29, 0.717) is 6.54 Å². The molecule has 0 atom stereocenters. The van der Waals surface area contributed by atoms with Crippen molar-refractivity contribution >= 4 is 23.0 Å². The van der Waals surface area contributed by atoms with Crippen molar-refractivity contribution < 1.29 is 13.9 Å². The average molecular weight is 308 g/mol. The van der Waals surface area contributed by atoms with Gasteiger partial charge < -0.3 is 15.7 Å². The van der Waals surface area contributed by atoms with Crippen LogP contribution in [-0.4, -0.2) is 10.2 Å². The number of thiocarbonyl (C=S) groups is 1. The van der Waals surface area contributed by atoms with Gasteiger partial charge in [0.2, 0.25) is 5.82 Å². The van der Waals surface area contributed by atoms with E-state index in [1.807, 2.05) is 31.2 Å². The highest BCUT2D eigenvalue weighted by atomic mass is 32.1. The van der Waals surface area contributed by atoms with Crippen LogP contribution in [0.25, 0.3) is 0 Å². The largest absolute Gasteiger partial charge is 0.503 e. The van der Waals surface area contributed by atoms with Gasteiger partial charge in [-0.15, -0.1) is 0 Å². The summed E-state index contributed by atoms with van der Waals surface area (Å²) in [5, 5.41) is 15.3. The van der Waals surface area contributed by atoms with Crippen LogP contribution < -0.4 is 10.6 Å². The molecule has 110 valence electrons. The molecule has 0 aliphatic heterocycles. The molecule has 0 fully saturated rings. The fourth-order valence-corrected chi connectivity index (χ4v) is 1.97. The zero-order chi connectivity index (χ0) is 15.4. The Kier molecular flexibility index (Phi) is 4.70. The molecule has 0 unspecified atom stereocenters. The Morgan fingerprint density at radius 1 is 1.19 bits per heavy atom. The van der Waals surface area contributed by atoms with Crippen LogP contribution in [0.4, 0.5) is 14.5 Å². The number of aromatic hydroxyl groups is 1. The topological polar surface area (TPSA) is 44.3 Å². The van der Waals surface area contributed by atoms with Gasteiger partial charge >= 0.3 is 0 Å². The number of rotatable bonds is 3. The molecule has 2 aromatic rings. The Bertz CT molecular complexity index is 677. The predicted molar refractivity (Wildman–Crippen MR) is 82.3 cm³/mol. The van der Waals surface area contributed by atoms with E-state index in [0.717, 1.165) is 17.2 Å². The van der Waals surface area contributed by atoms with Gasteiger partial charge in [-0.05, 0) is 42.4 Å². The number of anilines is 1. The second-order valence-corrected chi connectivity index (χ2v) is 4.90. The third-order valence-electron chi connectivity index (χ3n) is 3.02. The first-order valence-electron chi connectivity index (χ1n) is 6.25. The van der Waals surface area contributed by atoms with E-state index in [1.54, 1.807) is 0 Å². The second kappa shape index (κ2) is 6.49. The van der Waals surface area contributed by atoms with Crippen LogP contribution >= 0.6 is 12.2 Å². The zero-order valence-corrected chi connectivity index (χ0v) is 12.1. The van der Waals surface area contributed by atoms with Gasteiger partial charge in [0.15, 0.2) is 16.7 Å². The Hall–Kier alpha value is -2.21. The quantitative estimate of drug-likeness (QED) is 0.600. The lowest BCUT2D eigenvalue weighted by molar-refractivity contribution is 0.409. The standard InChI is InChI=1S/C15H14F2N2OS/c1-9-4-2-3-5-10(9)8-18-15(21)19-12-7-6-11(16)13(17)14(12)20/h2-7,20H,8H2,1H3,(H2,18,19,21). The first-order valence-corrected chi connectivity index (χ1v) is 6.66. The molecule has 0 aliphatic carbocycles. The molecule has 0 bridgehead atoms. The average Bonchev–Trinajstić information content (AvgIpc) is 2.47. The van der Waals surface area contributed by atoms with Crippen LogP contribution in [0.5, 0.6) is 5.75 Å². The zero-order valence-electron chi connectivity index (χ0n) is 11.3. The molecule has 3 nitrogen and oxygen atoms in total. The molecule has 0 amide bonds. The molecule has 0 aromatic heterocycles. The molecule has 21 heavy (non-hydrogen) atoms. The summed E-state index contributed by atoms with van der Waals surface area (Å²) in [6.45, 7) is 2.47. The number of aryl methyl sites for hydroxylation is 1. The van der Waals surface area contributed by atoms with Gasteiger partial charge in [-0.3, -0.25) is 0 Å². The van der Waals surface area contributed by atoms with E-state index >= 15 is 0 Å². The lowest BCUT2D eigenvalue weighted by Crippen LogP contribution is -2.28. The Morgan fingerprint density at radius 2 is 1.90 bits per heavy atom. The number of halogens is 2. The van der Waals surface area contributed by atoms with Crippen molar-refractivity contribution in [1.82, 2.24) is 5.32 Å². The fourth-order valence-electron chi connectivity index (χ4n) is 1.79. The maximum absolute atomic E-state index is 13.2. The van der Waals surface area contributed by atoms with Gasteiger partial charge in [0, 0.05) is 6.54 Å². The minimum Gasteiger partial charge on any atom is -0.503 e. The van der Waals surface area contributed by atoms with Gasteiger partial charge in [-0.25, -0.2) is 4.39 Å². The van der Waals surface area contributed by atoms with Crippen LogP contribution in [0, 0.1) is 18.6 Å². The number of hydrogen-bond donors (Lipinski definition) is 3. The maximum atomic E-state index is 13.2. The molecular weight excluding hydrogens is 294 g/mol. The van der Waals surface area contributed by atoms with E-state index in [2.05, 4.69) is 10.6 Å². The van der Waals surface area contributed by atoms with Crippen molar-refractivity contribution in [2.24, 2.45) is 0 Å². The van der Waals surface area contributed by atoms with Gasteiger partial charge in [0.1, 0.15) is 0 Å². The summed E-state index contributed by atoms with van der Waals surface area (Å²) in [4.78, 5) is 0. The molecule has 0 aliphatic rings. The Balaban J connectivity index is 2.00. The minimum atomic E-state index is -1.30. The first-order chi connectivity index (χ1) is 9.99. The van der Waals surface area contributed by atoms with Gasteiger partial charge in [0.25, 0.3) is 0 Å². The third-order valence-corrected chi connectivity index (χ3v) is 3.26. The number of phenolic OH excluding ortho intramolecular Hbond substituents is 1. The molecule has 6 heteroatoms. The van der Waals surface area contributed by atoms with Gasteiger partial charge in [0.05, 0.1) is 5.69 Å². The summed E-state index contributed by atoms with van der Waals surface area (Å²) in [6, 6.07) is 9.93. The normalized spacial score (nSPS) is 10.2. The summed E-state index contributed by atoms with van der Waals surface area (Å²) in [5.74, 6) is -3.21. The highest BCUT2D eigenvalue weighted by Crippen LogP contribution is 2.27. The van der Waals surface area contributed by atoms with E-state index in [4.69, 9.17) is 12.2 Å². The van der Waals surface area contributed by atoms with E-state index in [-0.39, 0.29) is 10.8 Å². The van der Waals surface area contributed by atoms with Gasteiger partial charge in [-0.2, -0.15) is 4.39 Å². The number of benzene rings is 2. The maximum Gasteiger partial charge on any atom is 0.202 e. The van der Waals surface area contributed by atoms with Crippen LogP contribution in [0.3, 0.4) is 0 Å².